The maximum absolute atomic E-state index is 12.7. The first-order valence-corrected chi connectivity index (χ1v) is 10.5. The zero-order valence-corrected chi connectivity index (χ0v) is 17.4. The lowest BCUT2D eigenvalue weighted by Crippen LogP contribution is -2.49. The highest BCUT2D eigenvalue weighted by molar-refractivity contribution is 5.82. The van der Waals surface area contributed by atoms with Crippen molar-refractivity contribution in [3.8, 4) is 0 Å². The molecule has 0 radical (unpaired) electrons. The molecule has 4 nitrogen and oxygen atoms in total. The monoisotopic (exact) mass is 411 g/mol. The average molecular weight is 412 g/mol. The molecule has 2 N–H and O–H groups in total. The van der Waals surface area contributed by atoms with E-state index in [2.05, 4.69) is 29.4 Å². The molecule has 1 aliphatic carbocycles. The van der Waals surface area contributed by atoms with Crippen LogP contribution in [0, 0.1) is 17.8 Å². The molecule has 1 amide bonds. The number of rotatable bonds is 7. The molecule has 0 spiro atoms. The molecule has 2 aliphatic rings. The van der Waals surface area contributed by atoms with Crippen LogP contribution in [0.1, 0.15) is 44.2 Å². The standard InChI is InChI=1S/C22H32F3N3O/c1-14(2)10-20(26-3)21(29)27-19-9-6-16-12-28(13-18(16)19)11-15-4-7-17(8-5-15)22(23,24)25/h4-5,7-8,14,16,18-20,26H,6,9-13H2,1-3H3,(H,27,29)/t16-,18+,19+,20-/m0/s1. The number of alkyl halides is 3. The Balaban J connectivity index is 1.54. The van der Waals surface area contributed by atoms with Crippen molar-refractivity contribution in [1.82, 2.24) is 15.5 Å². The predicted octanol–water partition coefficient (Wildman–Crippen LogP) is 3.67. The zero-order valence-electron chi connectivity index (χ0n) is 17.4. The van der Waals surface area contributed by atoms with E-state index < -0.39 is 11.7 Å². The molecule has 0 unspecified atom stereocenters. The highest BCUT2D eigenvalue weighted by Gasteiger charge is 2.43. The lowest BCUT2D eigenvalue weighted by molar-refractivity contribution is -0.137. The third-order valence-corrected chi connectivity index (χ3v) is 6.32. The summed E-state index contributed by atoms with van der Waals surface area (Å²) in [7, 11) is 1.82. The van der Waals surface area contributed by atoms with Gasteiger partial charge >= 0.3 is 6.18 Å². The van der Waals surface area contributed by atoms with Crippen molar-refractivity contribution in [2.24, 2.45) is 17.8 Å². The van der Waals surface area contributed by atoms with Gasteiger partial charge < -0.3 is 10.6 Å². The third-order valence-electron chi connectivity index (χ3n) is 6.32. The van der Waals surface area contributed by atoms with Crippen molar-refractivity contribution >= 4 is 5.91 Å². The normalized spacial score (nSPS) is 26.0. The smallest absolute Gasteiger partial charge is 0.352 e. The summed E-state index contributed by atoms with van der Waals surface area (Å²) in [5.41, 5.74) is 0.286. The van der Waals surface area contributed by atoms with Crippen LogP contribution in [0.5, 0.6) is 0 Å². The first-order chi connectivity index (χ1) is 13.7. The highest BCUT2D eigenvalue weighted by atomic mass is 19.4. The van der Waals surface area contributed by atoms with Crippen LogP contribution in [0.4, 0.5) is 13.2 Å². The molecular weight excluding hydrogens is 379 g/mol. The van der Waals surface area contributed by atoms with Crippen LogP contribution in [0.3, 0.4) is 0 Å². The molecule has 1 heterocycles. The van der Waals surface area contributed by atoms with E-state index in [1.807, 2.05) is 7.05 Å². The number of nitrogens with zero attached hydrogens (tertiary/aromatic N) is 1. The number of halogens is 3. The number of benzene rings is 1. The fourth-order valence-electron chi connectivity index (χ4n) is 4.83. The molecule has 2 fully saturated rings. The van der Waals surface area contributed by atoms with Crippen LogP contribution >= 0.6 is 0 Å². The molecule has 3 rings (SSSR count). The van der Waals surface area contributed by atoms with Gasteiger partial charge in [0.2, 0.25) is 5.91 Å². The van der Waals surface area contributed by atoms with E-state index in [1.165, 1.54) is 0 Å². The minimum absolute atomic E-state index is 0.0769. The quantitative estimate of drug-likeness (QED) is 0.720. The van der Waals surface area contributed by atoms with Crippen molar-refractivity contribution in [3.05, 3.63) is 35.4 Å². The van der Waals surface area contributed by atoms with Gasteiger partial charge in [-0.25, -0.2) is 0 Å². The second-order valence-electron chi connectivity index (χ2n) is 8.98. The molecule has 1 saturated carbocycles. The van der Waals surface area contributed by atoms with Crippen LogP contribution in [-0.2, 0) is 17.5 Å². The molecule has 29 heavy (non-hydrogen) atoms. The lowest BCUT2D eigenvalue weighted by Gasteiger charge is -2.25. The summed E-state index contributed by atoms with van der Waals surface area (Å²) < 4.78 is 38.2. The summed E-state index contributed by atoms with van der Waals surface area (Å²) in [6, 6.07) is 5.47. The van der Waals surface area contributed by atoms with Crippen molar-refractivity contribution in [2.75, 3.05) is 20.1 Å². The van der Waals surface area contributed by atoms with Crippen molar-refractivity contribution < 1.29 is 18.0 Å². The minimum atomic E-state index is -4.30. The van der Waals surface area contributed by atoms with E-state index in [0.29, 0.717) is 24.3 Å². The average Bonchev–Trinajstić information content (AvgIpc) is 3.20. The van der Waals surface area contributed by atoms with E-state index >= 15 is 0 Å². The molecule has 1 aliphatic heterocycles. The number of fused-ring (bicyclic) bond motifs is 1. The number of nitrogens with one attached hydrogen (secondary N) is 2. The molecule has 1 aromatic rings. The van der Waals surface area contributed by atoms with Crippen LogP contribution in [0.15, 0.2) is 24.3 Å². The van der Waals surface area contributed by atoms with Gasteiger partial charge in [-0.05, 0) is 61.8 Å². The van der Waals surface area contributed by atoms with Gasteiger partial charge in [0.25, 0.3) is 0 Å². The Hall–Kier alpha value is -1.60. The van der Waals surface area contributed by atoms with Crippen LogP contribution in [-0.4, -0.2) is 43.0 Å². The first-order valence-electron chi connectivity index (χ1n) is 10.5. The van der Waals surface area contributed by atoms with Crippen molar-refractivity contribution in [1.29, 1.82) is 0 Å². The van der Waals surface area contributed by atoms with Gasteiger partial charge in [-0.15, -0.1) is 0 Å². The van der Waals surface area contributed by atoms with Gasteiger partial charge in [-0.3, -0.25) is 9.69 Å². The maximum atomic E-state index is 12.7. The summed E-state index contributed by atoms with van der Waals surface area (Å²) in [4.78, 5) is 15.0. The van der Waals surface area contributed by atoms with E-state index in [9.17, 15) is 18.0 Å². The van der Waals surface area contributed by atoms with Crippen molar-refractivity contribution in [2.45, 2.75) is 57.9 Å². The second-order valence-corrected chi connectivity index (χ2v) is 8.98. The highest BCUT2D eigenvalue weighted by Crippen LogP contribution is 2.39. The van der Waals surface area contributed by atoms with Crippen LogP contribution in [0.2, 0.25) is 0 Å². The van der Waals surface area contributed by atoms with Crippen LogP contribution < -0.4 is 10.6 Å². The molecular formula is C22H32F3N3O. The molecule has 0 aromatic heterocycles. The molecule has 4 atom stereocenters. The van der Waals surface area contributed by atoms with E-state index in [-0.39, 0.29) is 18.0 Å². The molecule has 162 valence electrons. The number of hydrogen-bond donors (Lipinski definition) is 2. The first kappa shape index (κ1) is 22.1. The van der Waals surface area contributed by atoms with E-state index in [1.54, 1.807) is 12.1 Å². The fraction of sp³-hybridized carbons (Fsp3) is 0.682. The second kappa shape index (κ2) is 9.04. The predicted molar refractivity (Wildman–Crippen MR) is 107 cm³/mol. The minimum Gasteiger partial charge on any atom is -0.352 e. The number of hydrogen-bond acceptors (Lipinski definition) is 3. The molecule has 1 aromatic carbocycles. The molecule has 7 heteroatoms. The number of likely N-dealkylation sites (N-methyl/N-ethyl adjacent to an activating group) is 1. The van der Waals surface area contributed by atoms with Crippen molar-refractivity contribution in [3.63, 3.8) is 0 Å². The Labute approximate surface area is 171 Å². The number of amides is 1. The molecule has 0 bridgehead atoms. The Morgan fingerprint density at radius 3 is 2.45 bits per heavy atom. The fourth-order valence-corrected chi connectivity index (χ4v) is 4.83. The van der Waals surface area contributed by atoms with Gasteiger partial charge in [0.05, 0.1) is 11.6 Å². The summed E-state index contributed by atoms with van der Waals surface area (Å²) in [5.74, 6) is 1.49. The SMILES string of the molecule is CN[C@@H](CC(C)C)C(=O)N[C@@H]1CC[C@H]2CN(Cc3ccc(C(F)(F)F)cc3)C[C@H]21. The Bertz CT molecular complexity index is 690. The van der Waals surface area contributed by atoms with Gasteiger partial charge in [0.15, 0.2) is 0 Å². The maximum Gasteiger partial charge on any atom is 0.416 e. The number of carbonyl (C=O) groups excluding carboxylic acids is 1. The summed E-state index contributed by atoms with van der Waals surface area (Å²) in [6.45, 7) is 6.70. The summed E-state index contributed by atoms with van der Waals surface area (Å²) in [5, 5.41) is 6.38. The van der Waals surface area contributed by atoms with E-state index in [0.717, 1.165) is 50.0 Å². The Morgan fingerprint density at radius 2 is 1.86 bits per heavy atom. The number of carbonyl (C=O) groups is 1. The lowest BCUT2D eigenvalue weighted by atomic mass is 9.97. The topological polar surface area (TPSA) is 44.4 Å². The largest absolute Gasteiger partial charge is 0.416 e. The Morgan fingerprint density at radius 1 is 1.17 bits per heavy atom. The number of likely N-dealkylation sites (tertiary alicyclic amines) is 1. The zero-order chi connectivity index (χ0) is 21.2. The Kier molecular flexibility index (Phi) is 6.89. The third kappa shape index (κ3) is 5.51. The van der Waals surface area contributed by atoms with Gasteiger partial charge in [-0.2, -0.15) is 13.2 Å². The summed E-state index contributed by atoms with van der Waals surface area (Å²) in [6.07, 6.45) is -1.39. The van der Waals surface area contributed by atoms with Gasteiger partial charge in [0, 0.05) is 25.7 Å². The van der Waals surface area contributed by atoms with Gasteiger partial charge in [0.1, 0.15) is 0 Å². The van der Waals surface area contributed by atoms with Gasteiger partial charge in [-0.1, -0.05) is 26.0 Å². The summed E-state index contributed by atoms with van der Waals surface area (Å²) >= 11 is 0. The van der Waals surface area contributed by atoms with E-state index in [4.69, 9.17) is 0 Å². The van der Waals surface area contributed by atoms with Crippen LogP contribution in [0.25, 0.3) is 0 Å². The molecule has 1 saturated heterocycles.